The Morgan fingerprint density at radius 3 is 2.30 bits per heavy atom. The lowest BCUT2D eigenvalue weighted by Gasteiger charge is -2.23. The molecule has 0 amide bonds. The molecule has 1 aliphatic heterocycles. The average Bonchev–Trinajstić information content (AvgIpc) is 2.94. The summed E-state index contributed by atoms with van der Waals surface area (Å²) in [6, 6.07) is 9.29. The fourth-order valence-corrected chi connectivity index (χ4v) is 4.35. The van der Waals surface area contributed by atoms with Gasteiger partial charge in [-0.3, -0.25) is 0 Å². The Labute approximate surface area is 131 Å². The van der Waals surface area contributed by atoms with Gasteiger partial charge in [0.2, 0.25) is 0 Å². The first-order valence-corrected chi connectivity index (χ1v) is 9.05. The Morgan fingerprint density at radius 2 is 1.70 bits per heavy atom. The Hall–Kier alpha value is -0.340. The van der Waals surface area contributed by atoms with Crippen molar-refractivity contribution in [2.75, 3.05) is 0 Å². The minimum atomic E-state index is 0.338. The first-order valence-electron chi connectivity index (χ1n) is 8.13. The highest BCUT2D eigenvalue weighted by Gasteiger charge is 2.29. The van der Waals surface area contributed by atoms with Crippen LogP contribution >= 0.6 is 15.9 Å². The molecule has 2 fully saturated rings. The van der Waals surface area contributed by atoms with E-state index in [1.165, 1.54) is 56.1 Å². The standard InChI is InChI=1S/C18H25BrO/c1-13-7-12-17(20-13)18(19)16-10-8-15(9-11-16)14-5-3-2-4-6-14/h8-11,13-14,17-18H,2-7,12H2,1H3. The molecule has 3 atom stereocenters. The molecule has 0 bridgehead atoms. The van der Waals surface area contributed by atoms with Crippen molar-refractivity contribution in [3.05, 3.63) is 35.4 Å². The van der Waals surface area contributed by atoms with Crippen LogP contribution in [-0.4, -0.2) is 12.2 Å². The van der Waals surface area contributed by atoms with Crippen LogP contribution in [-0.2, 0) is 4.74 Å². The molecule has 110 valence electrons. The van der Waals surface area contributed by atoms with Gasteiger partial charge in [0.25, 0.3) is 0 Å². The topological polar surface area (TPSA) is 9.23 Å². The van der Waals surface area contributed by atoms with Gasteiger partial charge in [0.15, 0.2) is 0 Å². The maximum atomic E-state index is 5.98. The lowest BCUT2D eigenvalue weighted by Crippen LogP contribution is -2.14. The summed E-state index contributed by atoms with van der Waals surface area (Å²) < 4.78 is 5.98. The summed E-state index contributed by atoms with van der Waals surface area (Å²) in [5, 5.41) is 0. The van der Waals surface area contributed by atoms with Crippen LogP contribution in [0.3, 0.4) is 0 Å². The average molecular weight is 337 g/mol. The maximum Gasteiger partial charge on any atom is 0.0745 e. The molecule has 2 heteroatoms. The molecule has 3 rings (SSSR count). The molecule has 1 saturated heterocycles. The van der Waals surface area contributed by atoms with Crippen LogP contribution in [0.25, 0.3) is 0 Å². The molecule has 0 N–H and O–H groups in total. The van der Waals surface area contributed by atoms with Crippen LogP contribution in [0.1, 0.15) is 73.7 Å². The van der Waals surface area contributed by atoms with Crippen LogP contribution in [0.15, 0.2) is 24.3 Å². The minimum Gasteiger partial charge on any atom is -0.374 e. The van der Waals surface area contributed by atoms with Gasteiger partial charge in [-0.15, -0.1) is 0 Å². The first kappa shape index (κ1) is 14.6. The van der Waals surface area contributed by atoms with E-state index in [1.54, 1.807) is 0 Å². The molecule has 1 aromatic rings. The van der Waals surface area contributed by atoms with Gasteiger partial charge < -0.3 is 4.74 Å². The Kier molecular flexibility index (Phi) is 4.83. The molecule has 1 saturated carbocycles. The molecule has 2 aliphatic rings. The Balaban J connectivity index is 1.66. The van der Waals surface area contributed by atoms with Gasteiger partial charge in [-0.05, 0) is 49.7 Å². The van der Waals surface area contributed by atoms with Gasteiger partial charge >= 0.3 is 0 Å². The lowest BCUT2D eigenvalue weighted by atomic mass is 9.84. The highest BCUT2D eigenvalue weighted by atomic mass is 79.9. The van der Waals surface area contributed by atoms with Crippen LogP contribution in [0.5, 0.6) is 0 Å². The summed E-state index contributed by atoms with van der Waals surface area (Å²) >= 11 is 3.84. The number of hydrogen-bond acceptors (Lipinski definition) is 1. The van der Waals surface area contributed by atoms with E-state index in [-0.39, 0.29) is 0 Å². The summed E-state index contributed by atoms with van der Waals surface area (Å²) in [6.07, 6.45) is 10.1. The molecule has 0 spiro atoms. The van der Waals surface area contributed by atoms with E-state index in [4.69, 9.17) is 4.74 Å². The largest absolute Gasteiger partial charge is 0.374 e. The van der Waals surface area contributed by atoms with Crippen molar-refractivity contribution in [2.24, 2.45) is 0 Å². The summed E-state index contributed by atoms with van der Waals surface area (Å²) in [5.74, 6) is 0.800. The van der Waals surface area contributed by atoms with Gasteiger partial charge in [-0.1, -0.05) is 59.5 Å². The second kappa shape index (κ2) is 6.62. The third kappa shape index (κ3) is 3.28. The highest BCUT2D eigenvalue weighted by Crippen LogP contribution is 2.38. The number of hydrogen-bond donors (Lipinski definition) is 0. The van der Waals surface area contributed by atoms with Crippen molar-refractivity contribution < 1.29 is 4.74 Å². The monoisotopic (exact) mass is 336 g/mol. The van der Waals surface area contributed by atoms with Crippen molar-refractivity contribution in [1.29, 1.82) is 0 Å². The fraction of sp³-hybridized carbons (Fsp3) is 0.667. The van der Waals surface area contributed by atoms with Crippen LogP contribution in [0, 0.1) is 0 Å². The Bertz CT molecular complexity index is 422. The fourth-order valence-electron chi connectivity index (χ4n) is 3.65. The number of rotatable bonds is 3. The number of ether oxygens (including phenoxy) is 1. The SMILES string of the molecule is CC1CCC(C(Br)c2ccc(C3CCCCC3)cc2)O1. The molecule has 0 aromatic heterocycles. The van der Waals surface area contributed by atoms with Crippen molar-refractivity contribution in [3.8, 4) is 0 Å². The van der Waals surface area contributed by atoms with E-state index < -0.39 is 0 Å². The van der Waals surface area contributed by atoms with Crippen molar-refractivity contribution in [1.82, 2.24) is 0 Å². The molecular weight excluding hydrogens is 312 g/mol. The Morgan fingerprint density at radius 1 is 1.00 bits per heavy atom. The van der Waals surface area contributed by atoms with E-state index in [0.29, 0.717) is 17.0 Å². The predicted molar refractivity (Wildman–Crippen MR) is 87.5 cm³/mol. The molecule has 1 nitrogen and oxygen atoms in total. The third-order valence-corrected chi connectivity index (χ3v) is 6.04. The first-order chi connectivity index (χ1) is 9.74. The predicted octanol–water partition coefficient (Wildman–Crippen LogP) is 5.74. The minimum absolute atomic E-state index is 0.338. The molecule has 0 radical (unpaired) electrons. The van der Waals surface area contributed by atoms with Crippen molar-refractivity contribution >= 4 is 15.9 Å². The molecule has 1 aliphatic carbocycles. The smallest absolute Gasteiger partial charge is 0.0745 e. The quantitative estimate of drug-likeness (QED) is 0.639. The van der Waals surface area contributed by atoms with Gasteiger partial charge in [-0.2, -0.15) is 0 Å². The van der Waals surface area contributed by atoms with E-state index in [1.807, 2.05) is 0 Å². The molecule has 1 heterocycles. The zero-order valence-corrected chi connectivity index (χ0v) is 13.9. The van der Waals surface area contributed by atoms with Gasteiger partial charge in [0.1, 0.15) is 0 Å². The summed E-state index contributed by atoms with van der Waals surface area (Å²) in [5.41, 5.74) is 2.90. The second-order valence-corrected chi connectivity index (χ2v) is 7.45. The normalized spacial score (nSPS) is 29.5. The summed E-state index contributed by atoms with van der Waals surface area (Å²) in [6.45, 7) is 2.17. The second-order valence-electron chi connectivity index (χ2n) is 6.47. The molecule has 1 aromatic carbocycles. The van der Waals surface area contributed by atoms with Crippen LogP contribution in [0.2, 0.25) is 0 Å². The number of alkyl halides is 1. The van der Waals surface area contributed by atoms with E-state index >= 15 is 0 Å². The summed E-state index contributed by atoms with van der Waals surface area (Å²) in [4.78, 5) is 0.341. The van der Waals surface area contributed by atoms with Crippen LogP contribution < -0.4 is 0 Å². The number of halogens is 1. The third-order valence-electron chi connectivity index (χ3n) is 4.92. The zero-order chi connectivity index (χ0) is 13.9. The molecule has 20 heavy (non-hydrogen) atoms. The summed E-state index contributed by atoms with van der Waals surface area (Å²) in [7, 11) is 0. The van der Waals surface area contributed by atoms with Crippen molar-refractivity contribution in [2.45, 2.75) is 74.8 Å². The molecule has 3 unspecified atom stereocenters. The molecular formula is C18H25BrO. The zero-order valence-electron chi connectivity index (χ0n) is 12.4. The van der Waals surface area contributed by atoms with E-state index in [2.05, 4.69) is 47.1 Å². The van der Waals surface area contributed by atoms with E-state index in [9.17, 15) is 0 Å². The maximum absolute atomic E-state index is 5.98. The van der Waals surface area contributed by atoms with Crippen molar-refractivity contribution in [3.63, 3.8) is 0 Å². The lowest BCUT2D eigenvalue weighted by molar-refractivity contribution is 0.0557. The number of benzene rings is 1. The van der Waals surface area contributed by atoms with E-state index in [0.717, 1.165) is 5.92 Å². The van der Waals surface area contributed by atoms with Crippen LogP contribution in [0.4, 0.5) is 0 Å². The van der Waals surface area contributed by atoms with Gasteiger partial charge in [0, 0.05) is 0 Å². The van der Waals surface area contributed by atoms with Gasteiger partial charge in [0.05, 0.1) is 17.0 Å². The van der Waals surface area contributed by atoms with Gasteiger partial charge in [-0.25, -0.2) is 0 Å². The highest BCUT2D eigenvalue weighted by molar-refractivity contribution is 9.09.